The summed E-state index contributed by atoms with van der Waals surface area (Å²) in [5, 5.41) is 10.3. The fourth-order valence-corrected chi connectivity index (χ4v) is 2.82. The van der Waals surface area contributed by atoms with Crippen molar-refractivity contribution in [2.24, 2.45) is 0 Å². The zero-order valence-electron chi connectivity index (χ0n) is 11.9. The molecular weight excluding hydrogens is 291 g/mol. The number of aliphatic hydroxyl groups is 1. The van der Waals surface area contributed by atoms with E-state index >= 15 is 0 Å². The second-order valence-electron chi connectivity index (χ2n) is 4.39. The number of halogens is 1. The van der Waals surface area contributed by atoms with E-state index in [2.05, 4.69) is 0 Å². The van der Waals surface area contributed by atoms with Crippen molar-refractivity contribution >= 4 is 11.8 Å². The van der Waals surface area contributed by atoms with Gasteiger partial charge in [0.05, 0.1) is 20.3 Å². The summed E-state index contributed by atoms with van der Waals surface area (Å²) < 4.78 is 23.5. The second kappa shape index (κ2) is 7.33. The molecule has 0 aliphatic heterocycles. The summed E-state index contributed by atoms with van der Waals surface area (Å²) in [6.45, 7) is 0. The molecule has 0 aromatic heterocycles. The molecule has 0 fully saturated rings. The van der Waals surface area contributed by atoms with Gasteiger partial charge in [0.25, 0.3) is 0 Å². The van der Waals surface area contributed by atoms with Gasteiger partial charge in [-0.3, -0.25) is 0 Å². The molecule has 0 saturated carbocycles. The first-order chi connectivity index (χ1) is 10.1. The monoisotopic (exact) mass is 308 g/mol. The van der Waals surface area contributed by atoms with E-state index in [0.717, 1.165) is 4.90 Å². The van der Waals surface area contributed by atoms with Crippen LogP contribution in [0, 0.1) is 5.82 Å². The third kappa shape index (κ3) is 4.12. The third-order valence-corrected chi connectivity index (χ3v) is 4.07. The highest BCUT2D eigenvalue weighted by Crippen LogP contribution is 2.32. The van der Waals surface area contributed by atoms with E-state index < -0.39 is 6.10 Å². The molecule has 0 bridgehead atoms. The average Bonchev–Trinajstić information content (AvgIpc) is 2.52. The van der Waals surface area contributed by atoms with Crippen molar-refractivity contribution in [3.05, 3.63) is 53.8 Å². The van der Waals surface area contributed by atoms with Gasteiger partial charge in [0, 0.05) is 16.2 Å². The van der Waals surface area contributed by atoms with Crippen molar-refractivity contribution in [3.63, 3.8) is 0 Å². The maximum atomic E-state index is 13.1. The van der Waals surface area contributed by atoms with Crippen molar-refractivity contribution in [3.8, 4) is 11.5 Å². The lowest BCUT2D eigenvalue weighted by atomic mass is 10.1. The number of thioether (sulfide) groups is 1. The van der Waals surface area contributed by atoms with Gasteiger partial charge in [0.15, 0.2) is 0 Å². The van der Waals surface area contributed by atoms with Crippen LogP contribution in [0.5, 0.6) is 11.5 Å². The maximum absolute atomic E-state index is 13.1. The van der Waals surface area contributed by atoms with E-state index in [9.17, 15) is 9.50 Å². The molecule has 1 N–H and O–H groups in total. The molecular formula is C16H17FO3S. The van der Waals surface area contributed by atoms with Crippen molar-refractivity contribution < 1.29 is 19.0 Å². The van der Waals surface area contributed by atoms with Gasteiger partial charge >= 0.3 is 0 Å². The first kappa shape index (κ1) is 15.7. The Kier molecular flexibility index (Phi) is 5.47. The molecule has 1 atom stereocenters. The largest absolute Gasteiger partial charge is 0.497 e. The van der Waals surface area contributed by atoms with Gasteiger partial charge in [-0.15, -0.1) is 11.8 Å². The minimum atomic E-state index is -0.733. The Balaban J connectivity index is 2.10. The molecule has 0 aliphatic rings. The van der Waals surface area contributed by atoms with Crippen LogP contribution in [0.25, 0.3) is 0 Å². The van der Waals surface area contributed by atoms with E-state index in [-0.39, 0.29) is 5.82 Å². The molecule has 0 aliphatic carbocycles. The summed E-state index contributed by atoms with van der Waals surface area (Å²) in [4.78, 5) is 0.774. The molecule has 1 unspecified atom stereocenters. The Bertz CT molecular complexity index is 604. The van der Waals surface area contributed by atoms with Gasteiger partial charge in [0.1, 0.15) is 17.3 Å². The molecule has 112 valence electrons. The number of hydrogen-bond acceptors (Lipinski definition) is 4. The van der Waals surface area contributed by atoms with Gasteiger partial charge in [-0.05, 0) is 36.4 Å². The van der Waals surface area contributed by atoms with E-state index in [4.69, 9.17) is 9.47 Å². The van der Waals surface area contributed by atoms with E-state index in [1.807, 2.05) is 6.07 Å². The summed E-state index contributed by atoms with van der Waals surface area (Å²) in [5.74, 6) is 1.37. The van der Waals surface area contributed by atoms with Crippen LogP contribution in [0.1, 0.15) is 11.7 Å². The van der Waals surface area contributed by atoms with Crippen LogP contribution < -0.4 is 9.47 Å². The van der Waals surface area contributed by atoms with Crippen LogP contribution in [0.3, 0.4) is 0 Å². The highest BCUT2D eigenvalue weighted by Gasteiger charge is 2.15. The Morgan fingerprint density at radius 3 is 2.62 bits per heavy atom. The molecule has 21 heavy (non-hydrogen) atoms. The third-order valence-electron chi connectivity index (χ3n) is 3.00. The number of aliphatic hydroxyl groups excluding tert-OH is 1. The standard InChI is InChI=1S/C16H17FO3S/c1-19-12-6-7-16(20-2)14(9-12)15(18)10-21-13-5-3-4-11(17)8-13/h3-9,15,18H,10H2,1-2H3. The average molecular weight is 308 g/mol. The summed E-state index contributed by atoms with van der Waals surface area (Å²) in [7, 11) is 3.12. The number of benzene rings is 2. The smallest absolute Gasteiger partial charge is 0.124 e. The Hall–Kier alpha value is -1.72. The highest BCUT2D eigenvalue weighted by molar-refractivity contribution is 7.99. The van der Waals surface area contributed by atoms with Crippen LogP contribution in [0.15, 0.2) is 47.4 Å². The summed E-state index contributed by atoms with van der Waals surface area (Å²) in [6.07, 6.45) is -0.733. The fraction of sp³-hybridized carbons (Fsp3) is 0.250. The zero-order valence-corrected chi connectivity index (χ0v) is 12.7. The van der Waals surface area contributed by atoms with Gasteiger partial charge < -0.3 is 14.6 Å². The maximum Gasteiger partial charge on any atom is 0.124 e. The molecule has 2 aromatic rings. The molecule has 5 heteroatoms. The molecule has 0 radical (unpaired) electrons. The van der Waals surface area contributed by atoms with Gasteiger partial charge in [-0.25, -0.2) is 4.39 Å². The summed E-state index contributed by atoms with van der Waals surface area (Å²) >= 11 is 1.38. The molecule has 0 amide bonds. The predicted molar refractivity (Wildman–Crippen MR) is 81.6 cm³/mol. The minimum Gasteiger partial charge on any atom is -0.497 e. The lowest BCUT2D eigenvalue weighted by molar-refractivity contribution is 0.198. The van der Waals surface area contributed by atoms with E-state index in [1.165, 1.54) is 23.9 Å². The van der Waals surface area contributed by atoms with Gasteiger partial charge in [-0.1, -0.05) is 6.07 Å². The van der Waals surface area contributed by atoms with Gasteiger partial charge in [0.2, 0.25) is 0 Å². The lowest BCUT2D eigenvalue weighted by Gasteiger charge is -2.15. The fourth-order valence-electron chi connectivity index (χ4n) is 1.92. The van der Waals surface area contributed by atoms with Crippen LogP contribution in [-0.4, -0.2) is 25.1 Å². The number of methoxy groups -OCH3 is 2. The highest BCUT2D eigenvalue weighted by atomic mass is 32.2. The molecule has 3 nitrogen and oxygen atoms in total. The van der Waals surface area contributed by atoms with Crippen molar-refractivity contribution in [2.45, 2.75) is 11.0 Å². The molecule has 2 aromatic carbocycles. The Morgan fingerprint density at radius 2 is 1.95 bits per heavy atom. The quantitative estimate of drug-likeness (QED) is 0.827. The topological polar surface area (TPSA) is 38.7 Å². The zero-order chi connectivity index (χ0) is 15.2. The van der Waals surface area contributed by atoms with Crippen LogP contribution in [-0.2, 0) is 0 Å². The number of rotatable bonds is 6. The van der Waals surface area contributed by atoms with E-state index in [0.29, 0.717) is 22.8 Å². The van der Waals surface area contributed by atoms with E-state index in [1.54, 1.807) is 38.5 Å². The number of hydrogen-bond donors (Lipinski definition) is 1. The molecule has 0 heterocycles. The van der Waals surface area contributed by atoms with Crippen molar-refractivity contribution in [1.82, 2.24) is 0 Å². The predicted octanol–water partition coefficient (Wildman–Crippen LogP) is 3.67. The summed E-state index contributed by atoms with van der Waals surface area (Å²) in [6, 6.07) is 11.6. The lowest BCUT2D eigenvalue weighted by Crippen LogP contribution is -2.04. The van der Waals surface area contributed by atoms with Gasteiger partial charge in [-0.2, -0.15) is 0 Å². The van der Waals surface area contributed by atoms with Crippen LogP contribution >= 0.6 is 11.8 Å². The SMILES string of the molecule is COc1ccc(OC)c(C(O)CSc2cccc(F)c2)c1. The first-order valence-electron chi connectivity index (χ1n) is 6.42. The second-order valence-corrected chi connectivity index (χ2v) is 5.49. The Morgan fingerprint density at radius 1 is 1.14 bits per heavy atom. The molecule has 0 spiro atoms. The van der Waals surface area contributed by atoms with Crippen molar-refractivity contribution in [1.29, 1.82) is 0 Å². The minimum absolute atomic E-state index is 0.284. The number of ether oxygens (including phenoxy) is 2. The summed E-state index contributed by atoms with van der Waals surface area (Å²) in [5.41, 5.74) is 0.653. The van der Waals surface area contributed by atoms with Crippen LogP contribution in [0.2, 0.25) is 0 Å². The Labute approximate surface area is 127 Å². The molecule has 2 rings (SSSR count). The first-order valence-corrected chi connectivity index (χ1v) is 7.41. The van der Waals surface area contributed by atoms with Crippen molar-refractivity contribution in [2.75, 3.05) is 20.0 Å². The van der Waals surface area contributed by atoms with Crippen LogP contribution in [0.4, 0.5) is 4.39 Å². The molecule has 0 saturated heterocycles. The normalized spacial score (nSPS) is 12.0.